The first-order chi connectivity index (χ1) is 13.1. The van der Waals surface area contributed by atoms with E-state index in [4.69, 9.17) is 14.0 Å². The Morgan fingerprint density at radius 3 is 2.17 bits per heavy atom. The average molecular weight is 405 g/mol. The van der Waals surface area contributed by atoms with E-state index in [9.17, 15) is 14.7 Å². The number of hydrogen-bond donors (Lipinski definition) is 2. The second-order valence-electron chi connectivity index (χ2n) is 9.43. The number of hydrogen-bond acceptors (Lipinski definition) is 6. The van der Waals surface area contributed by atoms with Crippen LogP contribution < -0.4 is 10.8 Å². The minimum absolute atomic E-state index is 0.0276. The van der Waals surface area contributed by atoms with E-state index in [0.29, 0.717) is 12.0 Å². The number of carbonyl (C=O) groups is 2. The van der Waals surface area contributed by atoms with E-state index < -0.39 is 29.9 Å². The Bertz CT molecular complexity index is 781. The van der Waals surface area contributed by atoms with E-state index in [-0.39, 0.29) is 18.1 Å². The second kappa shape index (κ2) is 8.09. The number of aromatic carboxylic acids is 1. The molecule has 7 nitrogen and oxygen atoms in total. The summed E-state index contributed by atoms with van der Waals surface area (Å²) in [6.45, 7) is 15.5. The quantitative estimate of drug-likeness (QED) is 0.555. The molecule has 1 aliphatic rings. The fraction of sp³-hybridized carbons (Fsp3) is 0.619. The smallest absolute Gasteiger partial charge is 0.478 e. The molecule has 0 atom stereocenters. The lowest BCUT2D eigenvalue weighted by atomic mass is 9.74. The van der Waals surface area contributed by atoms with Crippen LogP contribution in [0.2, 0.25) is 0 Å². The van der Waals surface area contributed by atoms with Gasteiger partial charge in [-0.05, 0) is 84.1 Å². The van der Waals surface area contributed by atoms with Crippen molar-refractivity contribution in [2.24, 2.45) is 0 Å². The number of carbonyl (C=O) groups excluding carboxylic acids is 1. The van der Waals surface area contributed by atoms with Crippen molar-refractivity contribution in [2.45, 2.75) is 78.7 Å². The van der Waals surface area contributed by atoms with Crippen LogP contribution in [0.4, 0.5) is 0 Å². The number of ether oxygens (including phenoxy) is 1. The van der Waals surface area contributed by atoms with Gasteiger partial charge in [-0.1, -0.05) is 0 Å². The number of carboxylic acid groups (broad SMARTS) is 1. The maximum absolute atomic E-state index is 11.9. The molecule has 1 fully saturated rings. The largest absolute Gasteiger partial charge is 0.495 e. The molecule has 0 aromatic heterocycles. The Balaban J connectivity index is 2.24. The Morgan fingerprint density at radius 2 is 1.69 bits per heavy atom. The van der Waals surface area contributed by atoms with E-state index in [2.05, 4.69) is 5.32 Å². The van der Waals surface area contributed by atoms with Crippen LogP contribution in [-0.2, 0) is 25.4 Å². The Morgan fingerprint density at radius 1 is 1.14 bits per heavy atom. The number of benzene rings is 1. The first kappa shape index (κ1) is 23.4. The minimum atomic E-state index is -1.03. The van der Waals surface area contributed by atoms with Crippen LogP contribution in [0.5, 0.6) is 0 Å². The zero-order valence-corrected chi connectivity index (χ0v) is 18.6. The monoisotopic (exact) mass is 405 g/mol. The molecule has 8 heteroatoms. The van der Waals surface area contributed by atoms with Crippen LogP contribution in [0, 0.1) is 6.92 Å². The van der Waals surface area contributed by atoms with E-state index in [1.54, 1.807) is 12.1 Å². The lowest BCUT2D eigenvalue weighted by Crippen LogP contribution is -2.41. The molecule has 0 radical (unpaired) electrons. The maximum Gasteiger partial charge on any atom is 0.495 e. The van der Waals surface area contributed by atoms with Gasteiger partial charge in [0.05, 0.1) is 23.3 Å². The summed E-state index contributed by atoms with van der Waals surface area (Å²) in [7, 11) is -0.663. The second-order valence-corrected chi connectivity index (χ2v) is 9.43. The highest BCUT2D eigenvalue weighted by atomic mass is 16.7. The van der Waals surface area contributed by atoms with Crippen LogP contribution in [0.15, 0.2) is 12.1 Å². The summed E-state index contributed by atoms with van der Waals surface area (Å²) in [4.78, 5) is 23.6. The van der Waals surface area contributed by atoms with Gasteiger partial charge >= 0.3 is 19.1 Å². The van der Waals surface area contributed by atoms with Crippen molar-refractivity contribution < 1.29 is 28.7 Å². The number of rotatable bonds is 6. The van der Waals surface area contributed by atoms with Gasteiger partial charge in [0, 0.05) is 6.54 Å². The van der Waals surface area contributed by atoms with Crippen molar-refractivity contribution in [1.82, 2.24) is 5.32 Å². The molecule has 1 aromatic rings. The van der Waals surface area contributed by atoms with Gasteiger partial charge in [-0.15, -0.1) is 0 Å². The molecule has 1 aromatic carbocycles. The molecule has 0 unspecified atom stereocenters. The van der Waals surface area contributed by atoms with E-state index in [1.165, 1.54) is 0 Å². The summed E-state index contributed by atoms with van der Waals surface area (Å²) in [6, 6.07) is 3.20. The highest BCUT2D eigenvalue weighted by molar-refractivity contribution is 6.62. The Hall–Kier alpha value is -1.90. The molecule has 29 heavy (non-hydrogen) atoms. The van der Waals surface area contributed by atoms with Crippen molar-refractivity contribution in [3.8, 4) is 0 Å². The number of carboxylic acids is 1. The molecule has 0 spiro atoms. The van der Waals surface area contributed by atoms with Crippen molar-refractivity contribution in [3.05, 3.63) is 28.8 Å². The Kier molecular flexibility index (Phi) is 6.52. The summed E-state index contributed by atoms with van der Waals surface area (Å²) in [5.41, 5.74) is 0.842. The summed E-state index contributed by atoms with van der Waals surface area (Å²) in [5, 5.41) is 12.6. The van der Waals surface area contributed by atoms with E-state index in [1.807, 2.05) is 55.4 Å². The third kappa shape index (κ3) is 5.59. The summed E-state index contributed by atoms with van der Waals surface area (Å²) in [5.74, 6) is -1.40. The molecule has 1 heterocycles. The predicted molar refractivity (Wildman–Crippen MR) is 111 cm³/mol. The first-order valence-corrected chi connectivity index (χ1v) is 9.78. The fourth-order valence-electron chi connectivity index (χ4n) is 3.00. The van der Waals surface area contributed by atoms with Crippen LogP contribution in [0.3, 0.4) is 0 Å². The van der Waals surface area contributed by atoms with Gasteiger partial charge in [0.15, 0.2) is 0 Å². The molecule has 0 amide bonds. The van der Waals surface area contributed by atoms with Gasteiger partial charge in [-0.2, -0.15) is 0 Å². The van der Waals surface area contributed by atoms with Crippen molar-refractivity contribution in [1.29, 1.82) is 0 Å². The zero-order chi connectivity index (χ0) is 22.2. The molecule has 2 rings (SSSR count). The third-order valence-electron chi connectivity index (χ3n) is 5.31. The van der Waals surface area contributed by atoms with Gasteiger partial charge in [0.25, 0.3) is 0 Å². The Labute approximate surface area is 173 Å². The highest BCUT2D eigenvalue weighted by Crippen LogP contribution is 2.36. The maximum atomic E-state index is 11.9. The lowest BCUT2D eigenvalue weighted by molar-refractivity contribution is -0.153. The standard InChI is InChI=1S/C21H32BNO6/c1-13-15(11-23-12-17(24)27-19(2,3)4)9-14(18(25)26)10-16(13)22-28-20(5,6)21(7,8)29-22/h9-10,23H,11-12H2,1-8H3,(H,25,26). The molecular formula is C21H32BNO6. The molecule has 0 bridgehead atoms. The molecule has 1 aliphatic heterocycles. The lowest BCUT2D eigenvalue weighted by Gasteiger charge is -2.32. The first-order valence-electron chi connectivity index (χ1n) is 9.78. The van der Waals surface area contributed by atoms with E-state index in [0.717, 1.165) is 11.1 Å². The third-order valence-corrected chi connectivity index (χ3v) is 5.31. The number of esters is 1. The highest BCUT2D eigenvalue weighted by Gasteiger charge is 2.52. The van der Waals surface area contributed by atoms with Crippen LogP contribution in [0.1, 0.15) is 70.0 Å². The van der Waals surface area contributed by atoms with Crippen LogP contribution >= 0.6 is 0 Å². The van der Waals surface area contributed by atoms with E-state index >= 15 is 0 Å². The molecule has 2 N–H and O–H groups in total. The van der Waals surface area contributed by atoms with Crippen LogP contribution in [-0.4, -0.2) is 47.5 Å². The summed E-state index contributed by atoms with van der Waals surface area (Å²) in [6.07, 6.45) is 0. The molecule has 1 saturated heterocycles. The van der Waals surface area contributed by atoms with Gasteiger partial charge in [0.2, 0.25) is 0 Å². The molecule has 0 aliphatic carbocycles. The summed E-state index contributed by atoms with van der Waals surface area (Å²) < 4.78 is 17.5. The molecular weight excluding hydrogens is 373 g/mol. The van der Waals surface area contributed by atoms with Gasteiger partial charge in [0.1, 0.15) is 5.60 Å². The SMILES string of the molecule is Cc1c(CNCC(=O)OC(C)(C)C)cc(C(=O)O)cc1B1OC(C)(C)C(C)(C)O1. The normalized spacial score (nSPS) is 18.0. The van der Waals surface area contributed by atoms with Crippen LogP contribution in [0.25, 0.3) is 0 Å². The van der Waals surface area contributed by atoms with Crippen molar-refractivity contribution in [2.75, 3.05) is 6.54 Å². The fourth-order valence-corrected chi connectivity index (χ4v) is 3.00. The zero-order valence-electron chi connectivity index (χ0n) is 18.6. The van der Waals surface area contributed by atoms with Crippen molar-refractivity contribution >= 4 is 24.5 Å². The van der Waals surface area contributed by atoms with Gasteiger partial charge < -0.3 is 24.5 Å². The minimum Gasteiger partial charge on any atom is -0.478 e. The molecule has 160 valence electrons. The predicted octanol–water partition coefficient (Wildman–Crippen LogP) is 2.42. The van der Waals surface area contributed by atoms with Gasteiger partial charge in [-0.25, -0.2) is 4.79 Å². The summed E-state index contributed by atoms with van der Waals surface area (Å²) >= 11 is 0. The van der Waals surface area contributed by atoms with Gasteiger partial charge in [-0.3, -0.25) is 4.79 Å². The number of nitrogens with one attached hydrogen (secondary N) is 1. The molecule has 0 saturated carbocycles. The van der Waals surface area contributed by atoms with Crippen molar-refractivity contribution in [3.63, 3.8) is 0 Å². The average Bonchev–Trinajstić information content (AvgIpc) is 2.74. The topological polar surface area (TPSA) is 94.1 Å².